The number of aryl methyl sites for hydroxylation is 1. The van der Waals surface area contributed by atoms with E-state index < -0.39 is 0 Å². The lowest BCUT2D eigenvalue weighted by molar-refractivity contribution is 0.0948. The molecule has 0 unspecified atom stereocenters. The number of H-pyrrole nitrogens is 1. The van der Waals surface area contributed by atoms with Crippen molar-refractivity contribution in [3.8, 4) is 5.69 Å². The van der Waals surface area contributed by atoms with Crippen LogP contribution in [0.1, 0.15) is 22.6 Å². The van der Waals surface area contributed by atoms with Gasteiger partial charge in [0.1, 0.15) is 5.69 Å². The van der Waals surface area contributed by atoms with Crippen LogP contribution in [0, 0.1) is 0 Å². The fourth-order valence-corrected chi connectivity index (χ4v) is 2.88. The van der Waals surface area contributed by atoms with E-state index in [1.54, 1.807) is 12.1 Å². The van der Waals surface area contributed by atoms with Crippen molar-refractivity contribution < 1.29 is 4.79 Å². The number of nitrogens with two attached hydrogens (primary N) is 1. The minimum Gasteiger partial charge on any atom is -0.375 e. The smallest absolute Gasteiger partial charge is 0.271 e. The van der Waals surface area contributed by atoms with E-state index in [4.69, 9.17) is 5.73 Å². The first-order chi connectivity index (χ1) is 11.6. The first-order valence-corrected chi connectivity index (χ1v) is 8.37. The molecule has 0 aliphatic heterocycles. The van der Waals surface area contributed by atoms with Crippen LogP contribution in [0.2, 0.25) is 0 Å². The zero-order valence-electron chi connectivity index (χ0n) is 12.9. The first-order valence-electron chi connectivity index (χ1n) is 7.49. The Kier molecular flexibility index (Phi) is 4.76. The molecule has 0 fully saturated rings. The van der Waals surface area contributed by atoms with Gasteiger partial charge in [0.2, 0.25) is 0 Å². The molecule has 0 spiro atoms. The number of nitrogen functional groups attached to an aromatic ring is 1. The van der Waals surface area contributed by atoms with Crippen LogP contribution >= 0.6 is 11.3 Å². The number of amides is 1. The van der Waals surface area contributed by atoms with Crippen LogP contribution in [0.15, 0.2) is 46.6 Å². The maximum atomic E-state index is 12.1. The van der Waals surface area contributed by atoms with Gasteiger partial charge in [-0.25, -0.2) is 9.67 Å². The van der Waals surface area contributed by atoms with E-state index in [-0.39, 0.29) is 17.2 Å². The van der Waals surface area contributed by atoms with E-state index in [9.17, 15) is 9.59 Å². The van der Waals surface area contributed by atoms with Gasteiger partial charge in [-0.15, -0.1) is 11.3 Å². The van der Waals surface area contributed by atoms with E-state index in [1.165, 1.54) is 22.1 Å². The second-order valence-electron chi connectivity index (χ2n) is 5.22. The summed E-state index contributed by atoms with van der Waals surface area (Å²) in [5.74, 6) is -0.306. The van der Waals surface area contributed by atoms with Gasteiger partial charge >= 0.3 is 0 Å². The fourth-order valence-electron chi connectivity index (χ4n) is 2.29. The van der Waals surface area contributed by atoms with Gasteiger partial charge < -0.3 is 11.1 Å². The number of nitrogens with one attached hydrogen (secondary N) is 2. The molecule has 0 saturated heterocycles. The molecule has 0 aliphatic rings. The lowest BCUT2D eigenvalue weighted by Crippen LogP contribution is -2.25. The van der Waals surface area contributed by atoms with E-state index in [2.05, 4.69) is 15.4 Å². The third kappa shape index (κ3) is 3.72. The Labute approximate surface area is 142 Å². The summed E-state index contributed by atoms with van der Waals surface area (Å²) >= 11 is 1.40. The molecular weight excluding hydrogens is 326 g/mol. The number of aromatic nitrogens is 3. The predicted octanol–water partition coefficient (Wildman–Crippen LogP) is 1.57. The summed E-state index contributed by atoms with van der Waals surface area (Å²) in [5.41, 5.74) is 7.15. The van der Waals surface area contributed by atoms with E-state index in [0.29, 0.717) is 17.4 Å². The van der Waals surface area contributed by atoms with Crippen LogP contribution in [0.25, 0.3) is 5.69 Å². The van der Waals surface area contributed by atoms with Gasteiger partial charge in [-0.2, -0.15) is 0 Å². The Morgan fingerprint density at radius 2 is 2.12 bits per heavy atom. The number of hydrogen-bond acceptors (Lipinski definition) is 5. The molecule has 2 aromatic heterocycles. The molecule has 0 saturated carbocycles. The summed E-state index contributed by atoms with van der Waals surface area (Å²) < 4.78 is 1.34. The fraction of sp³-hybridized carbons (Fsp3) is 0.188. The molecule has 1 amide bonds. The Morgan fingerprint density at radius 3 is 2.83 bits per heavy atom. The third-order valence-corrected chi connectivity index (χ3v) is 4.17. The Hall–Kier alpha value is -2.87. The van der Waals surface area contributed by atoms with E-state index >= 15 is 0 Å². The molecule has 1 aromatic carbocycles. The number of para-hydroxylation sites is 1. The number of thiazole rings is 1. The van der Waals surface area contributed by atoms with Crippen LogP contribution < -0.4 is 16.6 Å². The quantitative estimate of drug-likeness (QED) is 0.591. The van der Waals surface area contributed by atoms with Crippen LogP contribution in [0.4, 0.5) is 5.13 Å². The zero-order chi connectivity index (χ0) is 16.9. The van der Waals surface area contributed by atoms with Crippen molar-refractivity contribution in [2.75, 3.05) is 12.3 Å². The number of anilines is 1. The molecule has 0 aliphatic carbocycles. The second kappa shape index (κ2) is 7.14. The van der Waals surface area contributed by atoms with Gasteiger partial charge in [-0.3, -0.25) is 14.7 Å². The largest absolute Gasteiger partial charge is 0.375 e. The number of hydrogen-bond donors (Lipinski definition) is 3. The molecule has 0 bridgehead atoms. The summed E-state index contributed by atoms with van der Waals surface area (Å²) in [6.45, 7) is 0.495. The molecule has 7 nitrogen and oxygen atoms in total. The summed E-state index contributed by atoms with van der Waals surface area (Å²) in [6.07, 6.45) is 1.49. The number of benzene rings is 1. The van der Waals surface area contributed by atoms with Crippen molar-refractivity contribution in [3.63, 3.8) is 0 Å². The van der Waals surface area contributed by atoms with Crippen LogP contribution in [-0.2, 0) is 6.42 Å². The highest BCUT2D eigenvalue weighted by Crippen LogP contribution is 2.12. The molecule has 0 atom stereocenters. The average Bonchev–Trinajstić information content (AvgIpc) is 3.18. The maximum Gasteiger partial charge on any atom is 0.271 e. The van der Waals surface area contributed by atoms with Crippen molar-refractivity contribution in [3.05, 3.63) is 63.5 Å². The molecular formula is C16H17N5O2S. The van der Waals surface area contributed by atoms with Crippen LogP contribution in [-0.4, -0.2) is 27.2 Å². The topological polar surface area (TPSA) is 106 Å². The Balaban J connectivity index is 1.57. The first kappa shape index (κ1) is 16.0. The molecule has 4 N–H and O–H groups in total. The standard InChI is InChI=1S/C16H17N5O2S/c17-16-19-11(10-24-16)5-4-8-18-15(23)13-9-14(22)21(20-13)12-6-2-1-3-7-12/h1-3,6-7,9-10,20H,4-5,8H2,(H2,17,19)(H,18,23). The van der Waals surface area contributed by atoms with Gasteiger partial charge in [-0.1, -0.05) is 18.2 Å². The van der Waals surface area contributed by atoms with Crippen molar-refractivity contribution in [1.82, 2.24) is 20.1 Å². The number of rotatable bonds is 6. The highest BCUT2D eigenvalue weighted by Gasteiger charge is 2.11. The lowest BCUT2D eigenvalue weighted by atomic mass is 10.2. The van der Waals surface area contributed by atoms with Gasteiger partial charge in [0.15, 0.2) is 5.13 Å². The van der Waals surface area contributed by atoms with Crippen molar-refractivity contribution >= 4 is 22.4 Å². The Bertz CT molecular complexity index is 881. The zero-order valence-corrected chi connectivity index (χ0v) is 13.7. The normalized spacial score (nSPS) is 10.7. The summed E-state index contributed by atoms with van der Waals surface area (Å²) in [5, 5.41) is 8.08. The molecule has 0 radical (unpaired) electrons. The van der Waals surface area contributed by atoms with E-state index in [1.807, 2.05) is 23.6 Å². The third-order valence-electron chi connectivity index (χ3n) is 3.44. The maximum absolute atomic E-state index is 12.1. The molecule has 24 heavy (non-hydrogen) atoms. The number of carbonyl (C=O) groups is 1. The lowest BCUT2D eigenvalue weighted by Gasteiger charge is -2.03. The molecule has 3 aromatic rings. The van der Waals surface area contributed by atoms with Crippen molar-refractivity contribution in [2.24, 2.45) is 0 Å². The van der Waals surface area contributed by atoms with Gasteiger partial charge in [0, 0.05) is 18.0 Å². The van der Waals surface area contributed by atoms with Crippen molar-refractivity contribution in [2.45, 2.75) is 12.8 Å². The minimum atomic E-state index is -0.306. The summed E-state index contributed by atoms with van der Waals surface area (Å²) in [7, 11) is 0. The van der Waals surface area contributed by atoms with Crippen molar-refractivity contribution in [1.29, 1.82) is 0 Å². The highest BCUT2D eigenvalue weighted by atomic mass is 32.1. The molecule has 2 heterocycles. The van der Waals surface area contributed by atoms with Gasteiger partial charge in [0.05, 0.1) is 11.4 Å². The molecule has 124 valence electrons. The monoisotopic (exact) mass is 343 g/mol. The number of nitrogens with zero attached hydrogens (tertiary/aromatic N) is 2. The minimum absolute atomic E-state index is 0.238. The predicted molar refractivity (Wildman–Crippen MR) is 93.6 cm³/mol. The highest BCUT2D eigenvalue weighted by molar-refractivity contribution is 7.13. The average molecular weight is 343 g/mol. The molecule has 8 heteroatoms. The summed E-state index contributed by atoms with van der Waals surface area (Å²) in [6, 6.07) is 10.4. The van der Waals surface area contributed by atoms with Gasteiger partial charge in [-0.05, 0) is 25.0 Å². The van der Waals surface area contributed by atoms with Crippen LogP contribution in [0.5, 0.6) is 0 Å². The molecule has 3 rings (SSSR count). The van der Waals surface area contributed by atoms with Crippen LogP contribution in [0.3, 0.4) is 0 Å². The second-order valence-corrected chi connectivity index (χ2v) is 6.11. The Morgan fingerprint density at radius 1 is 1.33 bits per heavy atom. The summed E-state index contributed by atoms with van der Waals surface area (Å²) in [4.78, 5) is 28.3. The SMILES string of the molecule is Nc1nc(CCCNC(=O)c2cc(=O)n(-c3ccccc3)[nH]2)cs1. The van der Waals surface area contributed by atoms with E-state index in [0.717, 1.165) is 18.5 Å². The number of carbonyl (C=O) groups excluding carboxylic acids is 1. The van der Waals surface area contributed by atoms with Gasteiger partial charge in [0.25, 0.3) is 11.5 Å². The number of aromatic amines is 1.